The molecule has 2 heterocycles. The number of carbonyl (C=O) groups is 2. The lowest BCUT2D eigenvalue weighted by atomic mass is 10.0. The minimum atomic E-state index is -0.517. The van der Waals surface area contributed by atoms with E-state index in [-0.39, 0.29) is 23.8 Å². The Balaban J connectivity index is 1.80. The van der Waals surface area contributed by atoms with E-state index in [2.05, 4.69) is 15.3 Å². The normalized spacial score (nSPS) is 10.6. The van der Waals surface area contributed by atoms with Gasteiger partial charge < -0.3 is 15.0 Å². The Morgan fingerprint density at radius 3 is 2.70 bits per heavy atom. The van der Waals surface area contributed by atoms with Gasteiger partial charge in [-0.3, -0.25) is 9.59 Å². The summed E-state index contributed by atoms with van der Waals surface area (Å²) in [5.74, 6) is -0.835. The Kier molecular flexibility index (Phi) is 7.30. The number of carbonyl (C=O) groups excluding carboxylic acids is 2. The van der Waals surface area contributed by atoms with Crippen LogP contribution in [0.3, 0.4) is 0 Å². The van der Waals surface area contributed by atoms with Crippen LogP contribution in [0.1, 0.15) is 23.0 Å². The fraction of sp³-hybridized carbons (Fsp3) is 0.200. The molecule has 0 atom stereocenters. The van der Waals surface area contributed by atoms with Crippen molar-refractivity contribution < 1.29 is 14.3 Å². The first kappa shape index (κ1) is 22.1. The summed E-state index contributed by atoms with van der Waals surface area (Å²) in [6, 6.07) is 8.43. The van der Waals surface area contributed by atoms with Gasteiger partial charge in [-0.25, -0.2) is 9.78 Å². The molecular weight excluding hydrogens is 446 g/mol. The Bertz CT molecular complexity index is 1130. The molecule has 0 saturated heterocycles. The monoisotopic (exact) mass is 463 g/mol. The van der Waals surface area contributed by atoms with Crippen LogP contribution in [0, 0.1) is 6.92 Å². The van der Waals surface area contributed by atoms with Crippen LogP contribution in [0.25, 0.3) is 11.1 Å². The van der Waals surface area contributed by atoms with E-state index < -0.39 is 5.97 Å². The predicted molar refractivity (Wildman–Crippen MR) is 120 cm³/mol. The number of hydrogen-bond acceptors (Lipinski definition) is 7. The Hall–Kier alpha value is -2.62. The third-order valence-corrected chi connectivity index (χ3v) is 5.89. The molecule has 0 aliphatic heterocycles. The van der Waals surface area contributed by atoms with E-state index in [1.54, 1.807) is 43.5 Å². The Labute approximate surface area is 185 Å². The topological polar surface area (TPSA) is 101 Å². The van der Waals surface area contributed by atoms with Crippen molar-refractivity contribution in [2.75, 3.05) is 17.7 Å². The number of H-pyrrole nitrogens is 1. The average molecular weight is 464 g/mol. The standard InChI is InChI=1S/C20H18ClN3O4S2/c1-3-28-19(27)17-14(12-4-6-13(21)7-5-12)9-29-18(17)23-16(26)10-30-20-22-11(2)8-15(25)24-20/h4-9H,3,10H2,1-2H3,(H,23,26)(H,22,24,25). The summed E-state index contributed by atoms with van der Waals surface area (Å²) >= 11 is 8.29. The highest BCUT2D eigenvalue weighted by Gasteiger charge is 2.23. The van der Waals surface area contributed by atoms with E-state index in [1.165, 1.54) is 17.4 Å². The first-order valence-corrected chi connectivity index (χ1v) is 11.2. The van der Waals surface area contributed by atoms with Crippen LogP contribution in [-0.4, -0.2) is 34.2 Å². The minimum absolute atomic E-state index is 0.0167. The van der Waals surface area contributed by atoms with Crippen LogP contribution < -0.4 is 10.9 Å². The molecule has 0 saturated carbocycles. The van der Waals surface area contributed by atoms with Gasteiger partial charge in [0.25, 0.3) is 5.56 Å². The molecule has 2 aromatic heterocycles. The van der Waals surface area contributed by atoms with Gasteiger partial charge in [0.2, 0.25) is 5.91 Å². The summed E-state index contributed by atoms with van der Waals surface area (Å²) in [7, 11) is 0. The Morgan fingerprint density at radius 2 is 2.03 bits per heavy atom. The first-order chi connectivity index (χ1) is 14.4. The first-order valence-electron chi connectivity index (χ1n) is 8.92. The number of aromatic amines is 1. The van der Waals surface area contributed by atoms with Gasteiger partial charge in [-0.2, -0.15) is 0 Å². The van der Waals surface area contributed by atoms with Gasteiger partial charge in [-0.15, -0.1) is 11.3 Å². The number of benzene rings is 1. The van der Waals surface area contributed by atoms with Gasteiger partial charge in [-0.1, -0.05) is 35.5 Å². The summed E-state index contributed by atoms with van der Waals surface area (Å²) in [5.41, 5.74) is 2.03. The second-order valence-electron chi connectivity index (χ2n) is 6.11. The maximum absolute atomic E-state index is 12.6. The van der Waals surface area contributed by atoms with Crippen molar-refractivity contribution in [2.45, 2.75) is 19.0 Å². The van der Waals surface area contributed by atoms with Crippen LogP contribution in [0.15, 0.2) is 45.7 Å². The van der Waals surface area contributed by atoms with Crippen molar-refractivity contribution in [3.05, 3.63) is 62.3 Å². The number of nitrogens with one attached hydrogen (secondary N) is 2. The van der Waals surface area contributed by atoms with E-state index in [4.69, 9.17) is 16.3 Å². The van der Waals surface area contributed by atoms with Crippen molar-refractivity contribution in [3.63, 3.8) is 0 Å². The molecule has 0 unspecified atom stereocenters. The molecule has 30 heavy (non-hydrogen) atoms. The summed E-state index contributed by atoms with van der Waals surface area (Å²) < 4.78 is 5.19. The van der Waals surface area contributed by atoms with E-state index in [9.17, 15) is 14.4 Å². The number of esters is 1. The number of halogens is 1. The maximum atomic E-state index is 12.6. The quantitative estimate of drug-likeness (QED) is 0.306. The molecule has 0 spiro atoms. The third kappa shape index (κ3) is 5.50. The number of aromatic nitrogens is 2. The molecule has 10 heteroatoms. The molecule has 3 aromatic rings. The number of aryl methyl sites for hydroxylation is 1. The number of thioether (sulfide) groups is 1. The number of ether oxygens (including phenoxy) is 1. The van der Waals surface area contributed by atoms with E-state index in [0.29, 0.717) is 32.0 Å². The molecule has 0 aliphatic rings. The lowest BCUT2D eigenvalue weighted by Gasteiger charge is -2.09. The average Bonchev–Trinajstić information content (AvgIpc) is 3.10. The van der Waals surface area contributed by atoms with Crippen LogP contribution >= 0.6 is 34.7 Å². The molecule has 7 nitrogen and oxygen atoms in total. The fourth-order valence-electron chi connectivity index (χ4n) is 2.61. The number of thiophene rings is 1. The second kappa shape index (κ2) is 9.92. The molecule has 156 valence electrons. The van der Waals surface area contributed by atoms with E-state index in [0.717, 1.165) is 17.3 Å². The van der Waals surface area contributed by atoms with Gasteiger partial charge in [0.1, 0.15) is 10.6 Å². The smallest absolute Gasteiger partial charge is 0.341 e. The second-order valence-corrected chi connectivity index (χ2v) is 8.39. The van der Waals surface area contributed by atoms with Crippen LogP contribution in [0.4, 0.5) is 5.00 Å². The zero-order valence-corrected chi connectivity index (χ0v) is 18.5. The number of rotatable bonds is 7. The summed E-state index contributed by atoms with van der Waals surface area (Å²) in [5, 5.41) is 5.89. The number of hydrogen-bond donors (Lipinski definition) is 2. The molecule has 0 aliphatic carbocycles. The lowest BCUT2D eigenvalue weighted by molar-refractivity contribution is -0.113. The van der Waals surface area contributed by atoms with Crippen molar-refractivity contribution in [1.82, 2.24) is 9.97 Å². The zero-order chi connectivity index (χ0) is 21.7. The van der Waals surface area contributed by atoms with Gasteiger partial charge >= 0.3 is 5.97 Å². The van der Waals surface area contributed by atoms with Gasteiger partial charge in [-0.05, 0) is 31.5 Å². The van der Waals surface area contributed by atoms with Crippen LogP contribution in [0.5, 0.6) is 0 Å². The van der Waals surface area contributed by atoms with Crippen molar-refractivity contribution in [1.29, 1.82) is 0 Å². The van der Waals surface area contributed by atoms with Gasteiger partial charge in [0.05, 0.1) is 12.4 Å². The SMILES string of the molecule is CCOC(=O)c1c(-c2ccc(Cl)cc2)csc1NC(=O)CSc1nc(C)cc(=O)[nH]1. The molecule has 3 rings (SSSR count). The van der Waals surface area contributed by atoms with E-state index in [1.807, 2.05) is 0 Å². The van der Waals surface area contributed by atoms with E-state index >= 15 is 0 Å². The molecule has 1 aromatic carbocycles. The highest BCUT2D eigenvalue weighted by molar-refractivity contribution is 7.99. The number of amides is 1. The third-order valence-electron chi connectivity index (χ3n) is 3.87. The molecule has 1 amide bonds. The highest BCUT2D eigenvalue weighted by atomic mass is 35.5. The lowest BCUT2D eigenvalue weighted by Crippen LogP contribution is -2.17. The summed E-state index contributed by atoms with van der Waals surface area (Å²) in [4.78, 5) is 43.3. The van der Waals surface area contributed by atoms with Crippen molar-refractivity contribution in [2.24, 2.45) is 0 Å². The van der Waals surface area contributed by atoms with Crippen LogP contribution in [0.2, 0.25) is 5.02 Å². The fourth-order valence-corrected chi connectivity index (χ4v) is 4.44. The molecule has 0 radical (unpaired) electrons. The van der Waals surface area contributed by atoms with Gasteiger partial charge in [0.15, 0.2) is 5.16 Å². The maximum Gasteiger partial charge on any atom is 0.341 e. The minimum Gasteiger partial charge on any atom is -0.462 e. The van der Waals surface area contributed by atoms with Crippen molar-refractivity contribution in [3.8, 4) is 11.1 Å². The largest absolute Gasteiger partial charge is 0.462 e. The summed E-state index contributed by atoms with van der Waals surface area (Å²) in [6.07, 6.45) is 0. The number of nitrogens with zero attached hydrogens (tertiary/aromatic N) is 1. The van der Waals surface area contributed by atoms with Gasteiger partial charge in [0, 0.05) is 27.7 Å². The molecule has 2 N–H and O–H groups in total. The summed E-state index contributed by atoms with van der Waals surface area (Å²) in [6.45, 7) is 3.63. The van der Waals surface area contributed by atoms with Crippen molar-refractivity contribution >= 4 is 51.6 Å². The Morgan fingerprint density at radius 1 is 1.30 bits per heavy atom. The zero-order valence-electron chi connectivity index (χ0n) is 16.2. The molecule has 0 fully saturated rings. The highest BCUT2D eigenvalue weighted by Crippen LogP contribution is 2.36. The number of anilines is 1. The molecular formula is C20H18ClN3O4S2. The predicted octanol–water partition coefficient (Wildman–Crippen LogP) is 4.37. The molecule has 0 bridgehead atoms. The van der Waals surface area contributed by atoms with Crippen LogP contribution in [-0.2, 0) is 9.53 Å².